The van der Waals surface area contributed by atoms with E-state index in [4.69, 9.17) is 0 Å². The Bertz CT molecular complexity index is 719. The van der Waals surface area contributed by atoms with E-state index in [1.165, 1.54) is 0 Å². The second-order valence-corrected chi connectivity index (χ2v) is 4.69. The minimum Gasteiger partial charge on any atom is -0.310 e. The summed E-state index contributed by atoms with van der Waals surface area (Å²) in [5.41, 5.74) is 2.96. The Balaban J connectivity index is 2.15. The molecular formula is C15H17N5. The van der Waals surface area contributed by atoms with Crippen molar-refractivity contribution in [1.82, 2.24) is 25.3 Å². The third kappa shape index (κ3) is 2.16. The number of aromatic nitrogens is 4. The lowest BCUT2D eigenvalue weighted by atomic mass is 10.1. The normalized spacial score (nSPS) is 12.7. The number of para-hydroxylation sites is 1. The highest BCUT2D eigenvalue weighted by Crippen LogP contribution is 2.21. The monoisotopic (exact) mass is 267 g/mol. The summed E-state index contributed by atoms with van der Waals surface area (Å²) in [5.74, 6) is 0.828. The number of pyridine rings is 1. The smallest absolute Gasteiger partial charge is 0.160 e. The van der Waals surface area contributed by atoms with Gasteiger partial charge in [0.2, 0.25) is 0 Å². The van der Waals surface area contributed by atoms with Crippen LogP contribution >= 0.6 is 0 Å². The largest absolute Gasteiger partial charge is 0.310 e. The molecule has 1 atom stereocenters. The maximum Gasteiger partial charge on any atom is 0.160 e. The van der Waals surface area contributed by atoms with Gasteiger partial charge in [-0.25, -0.2) is 4.98 Å². The molecule has 2 heterocycles. The predicted molar refractivity (Wildman–Crippen MR) is 78.8 cm³/mol. The van der Waals surface area contributed by atoms with Gasteiger partial charge in [0.05, 0.1) is 5.52 Å². The molecule has 1 aromatic carbocycles. The summed E-state index contributed by atoms with van der Waals surface area (Å²) in [6.45, 7) is 5.13. The quantitative estimate of drug-likeness (QED) is 0.789. The van der Waals surface area contributed by atoms with Crippen molar-refractivity contribution in [2.24, 2.45) is 0 Å². The van der Waals surface area contributed by atoms with E-state index in [-0.39, 0.29) is 6.04 Å². The molecule has 5 heteroatoms. The first-order valence-corrected chi connectivity index (χ1v) is 6.80. The van der Waals surface area contributed by atoms with Gasteiger partial charge in [0.25, 0.3) is 0 Å². The highest BCUT2D eigenvalue weighted by molar-refractivity contribution is 5.75. The summed E-state index contributed by atoms with van der Waals surface area (Å²) < 4.78 is 1.80. The van der Waals surface area contributed by atoms with Crippen LogP contribution in [0.1, 0.15) is 25.5 Å². The SMILES string of the molecule is CCNC(C)c1cccnc1-n1nnc2ccccc21. The summed E-state index contributed by atoms with van der Waals surface area (Å²) in [5, 5.41) is 11.8. The zero-order chi connectivity index (χ0) is 13.9. The average Bonchev–Trinajstić information content (AvgIpc) is 2.91. The van der Waals surface area contributed by atoms with Gasteiger partial charge in [0, 0.05) is 17.8 Å². The molecule has 5 nitrogen and oxygen atoms in total. The van der Waals surface area contributed by atoms with Gasteiger partial charge in [-0.1, -0.05) is 30.3 Å². The van der Waals surface area contributed by atoms with Crippen LogP contribution in [0.4, 0.5) is 0 Å². The molecule has 102 valence electrons. The van der Waals surface area contributed by atoms with Gasteiger partial charge in [0.15, 0.2) is 5.82 Å². The molecule has 20 heavy (non-hydrogen) atoms. The van der Waals surface area contributed by atoms with Gasteiger partial charge in [-0.3, -0.25) is 0 Å². The molecule has 3 rings (SSSR count). The van der Waals surface area contributed by atoms with Crippen LogP contribution in [0.15, 0.2) is 42.6 Å². The minimum atomic E-state index is 0.215. The molecule has 0 aliphatic carbocycles. The second kappa shape index (κ2) is 5.38. The van der Waals surface area contributed by atoms with Crippen molar-refractivity contribution in [1.29, 1.82) is 0 Å². The number of nitrogens with zero attached hydrogens (tertiary/aromatic N) is 4. The summed E-state index contributed by atoms with van der Waals surface area (Å²) in [7, 11) is 0. The predicted octanol–water partition coefficient (Wildman–Crippen LogP) is 2.49. The van der Waals surface area contributed by atoms with Crippen LogP contribution in [-0.4, -0.2) is 26.5 Å². The van der Waals surface area contributed by atoms with Gasteiger partial charge in [-0.05, 0) is 31.7 Å². The number of fused-ring (bicyclic) bond motifs is 1. The van der Waals surface area contributed by atoms with Gasteiger partial charge >= 0.3 is 0 Å². The molecule has 0 amide bonds. The summed E-state index contributed by atoms with van der Waals surface area (Å²) in [6, 6.07) is 12.1. The minimum absolute atomic E-state index is 0.215. The molecule has 0 fully saturated rings. The number of hydrogen-bond acceptors (Lipinski definition) is 4. The number of benzene rings is 1. The Kier molecular flexibility index (Phi) is 3.43. The van der Waals surface area contributed by atoms with Crippen LogP contribution in [0.5, 0.6) is 0 Å². The third-order valence-electron chi connectivity index (χ3n) is 3.35. The van der Waals surface area contributed by atoms with Crippen molar-refractivity contribution in [2.75, 3.05) is 6.54 Å². The molecule has 0 aliphatic heterocycles. The first-order valence-electron chi connectivity index (χ1n) is 6.80. The highest BCUT2D eigenvalue weighted by atomic mass is 15.4. The molecule has 1 N–H and O–H groups in total. The van der Waals surface area contributed by atoms with Crippen LogP contribution < -0.4 is 5.32 Å². The third-order valence-corrected chi connectivity index (χ3v) is 3.35. The van der Waals surface area contributed by atoms with E-state index in [0.717, 1.165) is 29.0 Å². The molecule has 0 radical (unpaired) electrons. The maximum absolute atomic E-state index is 4.50. The second-order valence-electron chi connectivity index (χ2n) is 4.69. The average molecular weight is 267 g/mol. The van der Waals surface area contributed by atoms with E-state index < -0.39 is 0 Å². The number of hydrogen-bond donors (Lipinski definition) is 1. The van der Waals surface area contributed by atoms with Crippen molar-refractivity contribution in [3.8, 4) is 5.82 Å². The van der Waals surface area contributed by atoms with E-state index in [2.05, 4.69) is 40.5 Å². The zero-order valence-electron chi connectivity index (χ0n) is 11.6. The standard InChI is InChI=1S/C15H17N5/c1-3-16-11(2)12-7-6-10-17-15(12)20-14-9-5-4-8-13(14)18-19-20/h4-11,16H,3H2,1-2H3. The molecule has 1 unspecified atom stereocenters. The van der Waals surface area contributed by atoms with Crippen LogP contribution in [0.2, 0.25) is 0 Å². The van der Waals surface area contributed by atoms with Crippen molar-refractivity contribution in [3.05, 3.63) is 48.2 Å². The van der Waals surface area contributed by atoms with E-state index in [1.54, 1.807) is 10.9 Å². The topological polar surface area (TPSA) is 55.6 Å². The summed E-state index contributed by atoms with van der Waals surface area (Å²) in [4.78, 5) is 4.50. The van der Waals surface area contributed by atoms with Crippen LogP contribution in [-0.2, 0) is 0 Å². The van der Waals surface area contributed by atoms with E-state index in [9.17, 15) is 0 Å². The Labute approximate surface area is 117 Å². The van der Waals surface area contributed by atoms with Gasteiger partial charge in [-0.15, -0.1) is 5.10 Å². The van der Waals surface area contributed by atoms with Gasteiger partial charge < -0.3 is 5.32 Å². The fourth-order valence-electron chi connectivity index (χ4n) is 2.37. The lowest BCUT2D eigenvalue weighted by Gasteiger charge is -2.16. The first-order chi connectivity index (χ1) is 9.81. The van der Waals surface area contributed by atoms with Crippen LogP contribution in [0, 0.1) is 0 Å². The Hall–Kier alpha value is -2.27. The number of rotatable bonds is 4. The van der Waals surface area contributed by atoms with E-state index >= 15 is 0 Å². The van der Waals surface area contributed by atoms with Crippen LogP contribution in [0.3, 0.4) is 0 Å². The molecule has 0 bridgehead atoms. The van der Waals surface area contributed by atoms with E-state index in [1.807, 2.05) is 30.3 Å². The summed E-state index contributed by atoms with van der Waals surface area (Å²) >= 11 is 0. The highest BCUT2D eigenvalue weighted by Gasteiger charge is 2.15. The summed E-state index contributed by atoms with van der Waals surface area (Å²) in [6.07, 6.45) is 1.79. The zero-order valence-corrected chi connectivity index (χ0v) is 11.6. The lowest BCUT2D eigenvalue weighted by Crippen LogP contribution is -2.20. The lowest BCUT2D eigenvalue weighted by molar-refractivity contribution is 0.589. The van der Waals surface area contributed by atoms with Crippen molar-refractivity contribution in [3.63, 3.8) is 0 Å². The van der Waals surface area contributed by atoms with Gasteiger partial charge in [-0.2, -0.15) is 4.68 Å². The number of nitrogens with one attached hydrogen (secondary N) is 1. The Morgan fingerprint density at radius 2 is 2.05 bits per heavy atom. The molecule has 2 aromatic heterocycles. The maximum atomic E-state index is 4.50. The molecule has 0 spiro atoms. The van der Waals surface area contributed by atoms with Crippen molar-refractivity contribution < 1.29 is 0 Å². The van der Waals surface area contributed by atoms with E-state index in [0.29, 0.717) is 0 Å². The molecule has 3 aromatic rings. The Morgan fingerprint density at radius 3 is 2.90 bits per heavy atom. The molecule has 0 saturated heterocycles. The molecule has 0 aliphatic rings. The van der Waals surface area contributed by atoms with Gasteiger partial charge in [0.1, 0.15) is 5.52 Å². The fraction of sp³-hybridized carbons (Fsp3) is 0.267. The van der Waals surface area contributed by atoms with Crippen molar-refractivity contribution in [2.45, 2.75) is 19.9 Å². The van der Waals surface area contributed by atoms with Crippen molar-refractivity contribution >= 4 is 11.0 Å². The van der Waals surface area contributed by atoms with Crippen LogP contribution in [0.25, 0.3) is 16.9 Å². The molecular weight excluding hydrogens is 250 g/mol. The Morgan fingerprint density at radius 1 is 1.20 bits per heavy atom. The first kappa shape index (κ1) is 12.7. The molecule has 0 saturated carbocycles. The fourth-order valence-corrected chi connectivity index (χ4v) is 2.37.